The fraction of sp³-hybridized carbons (Fsp3) is 0.273. The second-order valence-corrected chi connectivity index (χ2v) is 29.6. The predicted octanol–water partition coefficient (Wildman–Crippen LogP) is 5.25. The van der Waals surface area contributed by atoms with E-state index in [2.05, 4.69) is 46.2 Å². The van der Waals surface area contributed by atoms with Crippen molar-refractivity contribution >= 4 is 88.5 Å². The molecule has 7 nitrogen and oxygen atoms in total. The zero-order chi connectivity index (χ0) is 20.7. The summed E-state index contributed by atoms with van der Waals surface area (Å²) in [6.45, 7) is 1.65. The number of amides is 1. The molecule has 1 aliphatic rings. The van der Waals surface area contributed by atoms with E-state index in [0.717, 1.165) is 7.96 Å². The highest BCUT2D eigenvalue weighted by atomic mass is 33.0. The van der Waals surface area contributed by atoms with Crippen LogP contribution in [0.4, 0.5) is 11.4 Å². The molecule has 1 amide bonds. The van der Waals surface area contributed by atoms with Gasteiger partial charge in [-0.25, -0.2) is 5.43 Å². The third-order valence-corrected chi connectivity index (χ3v) is 29.7. The molecule has 0 spiro atoms. The van der Waals surface area contributed by atoms with Gasteiger partial charge in [-0.05, 0) is 20.0 Å². The standard InChI is InChI=1S/C11H12N4O3.H10P8/c1-6-4-10(16)13-14-11(6)7-2-3-8(12)9(5-7)15(17)18;1-5-8(4)6-7(2)3/h2-3,5-6H,4,12H2,1H3,(H,13,16);5-6H,1-4H2/t6-;/m1./s1/i;6T. The molecule has 144 valence electrons. The zero-order valence-electron chi connectivity index (χ0n) is 14.9. The molecule has 1 heterocycles. The molecule has 15 heteroatoms. The maximum atomic E-state index is 11.1. The van der Waals surface area contributed by atoms with Gasteiger partial charge < -0.3 is 5.73 Å². The Balaban J connectivity index is 0.000000345. The number of carbonyl (C=O) groups excluding carboxylic acids is 1. The van der Waals surface area contributed by atoms with E-state index in [1.165, 1.54) is 12.1 Å². The van der Waals surface area contributed by atoms with E-state index in [-0.39, 0.29) is 37.2 Å². The summed E-state index contributed by atoms with van der Waals surface area (Å²) in [5.41, 5.74) is 9.08. The highest BCUT2D eigenvalue weighted by molar-refractivity contribution is 8.97. The number of rotatable bonds is 5. The number of nitrogens with zero attached hydrogens (tertiary/aromatic N) is 2. The highest BCUT2D eigenvalue weighted by Gasteiger charge is 2.23. The third-order valence-electron chi connectivity index (χ3n) is 3.11. The van der Waals surface area contributed by atoms with Crippen molar-refractivity contribution in [1.82, 2.24) is 5.43 Å². The number of benzene rings is 1. The summed E-state index contributed by atoms with van der Waals surface area (Å²) in [6.07, 6.45) is 0.316. The quantitative estimate of drug-likeness (QED) is 0.245. The Labute approximate surface area is 169 Å². The van der Waals surface area contributed by atoms with Gasteiger partial charge in [-0.3, -0.25) is 14.9 Å². The van der Waals surface area contributed by atoms with Crippen molar-refractivity contribution in [2.24, 2.45) is 11.0 Å². The third kappa shape index (κ3) is 8.57. The number of carbonyl (C=O) groups is 1. The Morgan fingerprint density at radius 3 is 2.62 bits per heavy atom. The molecule has 7 unspecified atom stereocenters. The van der Waals surface area contributed by atoms with Crippen LogP contribution < -0.4 is 11.2 Å². The lowest BCUT2D eigenvalue weighted by Gasteiger charge is -2.19. The van der Waals surface area contributed by atoms with Crippen LogP contribution in [-0.4, -0.2) is 17.8 Å². The van der Waals surface area contributed by atoms with Crippen molar-refractivity contribution in [2.75, 3.05) is 5.73 Å². The van der Waals surface area contributed by atoms with Gasteiger partial charge in [0.05, 0.1) is 11.9 Å². The molecule has 2 rings (SSSR count). The maximum absolute atomic E-state index is 11.1. The first-order chi connectivity index (χ1) is 12.6. The minimum absolute atomic E-state index is 0.0530. The maximum Gasteiger partial charge on any atom is 0.292 e. The average Bonchev–Trinajstić information content (AvgIpc) is 2.61. The zero-order valence-corrected chi connectivity index (χ0v) is 22.2. The molecule has 0 aliphatic carbocycles. The molecule has 0 saturated heterocycles. The van der Waals surface area contributed by atoms with Gasteiger partial charge >= 0.3 is 0 Å². The first-order valence-corrected chi connectivity index (χ1v) is 20.6. The summed E-state index contributed by atoms with van der Waals surface area (Å²) in [5.74, 6) is -0.238. The first kappa shape index (κ1) is 23.3. The number of nitrogens with two attached hydrogens (primary N) is 1. The lowest BCUT2D eigenvalue weighted by Crippen LogP contribution is -2.32. The Bertz CT molecular complexity index is 725. The van der Waals surface area contributed by atoms with Crippen LogP contribution in [0.1, 0.15) is 18.9 Å². The van der Waals surface area contributed by atoms with Gasteiger partial charge in [-0.15, -0.1) is 35.7 Å². The average molecular weight is 508 g/mol. The fourth-order valence-corrected chi connectivity index (χ4v) is 35.2. The van der Waals surface area contributed by atoms with Gasteiger partial charge in [0, 0.05) is 24.0 Å². The molecule has 1 aromatic carbocycles. The lowest BCUT2D eigenvalue weighted by molar-refractivity contribution is -0.383. The smallest absolute Gasteiger partial charge is 0.292 e. The predicted molar refractivity (Wildman–Crippen MR) is 135 cm³/mol. The van der Waals surface area contributed by atoms with Crippen molar-refractivity contribution in [1.29, 1.82) is 1.28 Å². The second kappa shape index (κ2) is 12.5. The van der Waals surface area contributed by atoms with Crippen molar-refractivity contribution in [3.8, 4) is 0 Å². The van der Waals surface area contributed by atoms with Crippen molar-refractivity contribution in [2.45, 2.75) is 13.3 Å². The van der Waals surface area contributed by atoms with Gasteiger partial charge in [-0.1, -0.05) is 28.9 Å². The molecule has 0 aromatic heterocycles. The minimum Gasteiger partial charge on any atom is -0.393 e. The van der Waals surface area contributed by atoms with Crippen molar-refractivity contribution in [3.63, 3.8) is 0 Å². The second-order valence-electron chi connectivity index (χ2n) is 5.11. The Kier molecular flexibility index (Phi) is 11.2. The molecule has 0 saturated carbocycles. The molecule has 0 fully saturated rings. The largest absolute Gasteiger partial charge is 0.393 e. The van der Waals surface area contributed by atoms with Gasteiger partial charge in [0.2, 0.25) is 5.91 Å². The van der Waals surface area contributed by atoms with E-state index in [1.807, 2.05) is 6.92 Å². The normalized spacial score (nSPS) is 19.9. The van der Waals surface area contributed by atoms with E-state index in [1.54, 1.807) is 6.07 Å². The molecule has 3 N–H and O–H groups in total. The Morgan fingerprint density at radius 1 is 1.50 bits per heavy atom. The Hall–Kier alpha value is 1.00. The highest BCUT2D eigenvalue weighted by Crippen LogP contribution is 2.91. The molecule has 0 bridgehead atoms. The monoisotopic (exact) mass is 508 g/mol. The van der Waals surface area contributed by atoms with E-state index < -0.39 is 12.8 Å². The minimum atomic E-state index is -0.536. The van der Waals surface area contributed by atoms with Crippen LogP contribution >= 0.6 is 65.5 Å². The number of nitrogens with one attached hydrogen (secondary N) is 1. The molecule has 26 heavy (non-hydrogen) atoms. The fourth-order valence-electron chi connectivity index (χ4n) is 2.00. The van der Waals surface area contributed by atoms with Crippen LogP contribution in [0, 0.1) is 16.0 Å². The molecular formula is C11H22N4O3P8. The lowest BCUT2D eigenvalue weighted by atomic mass is 9.94. The van der Waals surface area contributed by atoms with E-state index in [9.17, 15) is 14.9 Å². The SMILES string of the molecule is C[C@@H]1CC(=O)NN=C1c1ccc(N)c([N+](=O)[O-])c1.[3H]P(P(P)P)P(P)PP. The van der Waals surface area contributed by atoms with Crippen molar-refractivity contribution in [3.05, 3.63) is 33.9 Å². The van der Waals surface area contributed by atoms with Gasteiger partial charge in [0.1, 0.15) is 5.69 Å². The van der Waals surface area contributed by atoms with Gasteiger partial charge in [0.15, 0.2) is 0 Å². The number of nitro benzene ring substituents is 1. The van der Waals surface area contributed by atoms with Crippen LogP contribution in [0.5, 0.6) is 0 Å². The summed E-state index contributed by atoms with van der Waals surface area (Å²) < 4.78 is 7.69. The number of hydrogen-bond acceptors (Lipinski definition) is 5. The summed E-state index contributed by atoms with van der Waals surface area (Å²) in [4.78, 5) is 21.4. The van der Waals surface area contributed by atoms with E-state index in [4.69, 9.17) is 7.01 Å². The van der Waals surface area contributed by atoms with Gasteiger partial charge in [-0.2, -0.15) is 5.10 Å². The summed E-state index contributed by atoms with van der Waals surface area (Å²) in [6, 6.07) is 4.51. The van der Waals surface area contributed by atoms with E-state index >= 15 is 0 Å². The molecule has 0 radical (unpaired) electrons. The molecular weight excluding hydrogens is 484 g/mol. The van der Waals surface area contributed by atoms with Crippen LogP contribution in [0.15, 0.2) is 23.3 Å². The molecule has 8 atom stereocenters. The van der Waals surface area contributed by atoms with Crippen LogP contribution in [0.2, 0.25) is 0 Å². The number of hydrazone groups is 1. The van der Waals surface area contributed by atoms with Crippen LogP contribution in [-0.2, 0) is 4.79 Å². The van der Waals surface area contributed by atoms with E-state index in [0.29, 0.717) is 17.7 Å². The summed E-state index contributed by atoms with van der Waals surface area (Å²) >= 11 is 0. The number of nitro groups is 1. The summed E-state index contributed by atoms with van der Waals surface area (Å²) in [7, 11) is 11.5. The van der Waals surface area contributed by atoms with Gasteiger partial charge in [0.25, 0.3) is 5.69 Å². The number of hydrogen-bond donors (Lipinski definition) is 2. The Morgan fingerprint density at radius 2 is 2.15 bits per heavy atom. The van der Waals surface area contributed by atoms with Crippen LogP contribution in [0.25, 0.3) is 0 Å². The first-order valence-electron chi connectivity index (χ1n) is 7.53. The number of nitrogen functional groups attached to an aromatic ring is 1. The molecule has 1 aliphatic heterocycles. The molecule has 1 aromatic rings. The topological polar surface area (TPSA) is 111 Å². The van der Waals surface area contributed by atoms with Crippen LogP contribution in [0.3, 0.4) is 0 Å². The summed E-state index contributed by atoms with van der Waals surface area (Å²) in [5, 5.41) is 14.8. The van der Waals surface area contributed by atoms with Crippen molar-refractivity contribution < 1.29 is 9.72 Å². The number of anilines is 1.